The molecule has 1 N–H and O–H groups in total. The fourth-order valence-electron chi connectivity index (χ4n) is 9.21. The van der Waals surface area contributed by atoms with Crippen LogP contribution in [-0.2, 0) is 9.63 Å². The molecule has 4 aliphatic rings. The fraction of sp³-hybridized carbons (Fsp3) is 0.714. The minimum Gasteiger partial charge on any atom is -0.481 e. The molecule has 1 aromatic carbocycles. The first kappa shape index (κ1) is 31.2. The van der Waals surface area contributed by atoms with Crippen LogP contribution in [0.5, 0.6) is 0 Å². The number of likely N-dealkylation sites (N-methyl/N-ethyl adjacent to an activating group) is 1. The van der Waals surface area contributed by atoms with Crippen molar-refractivity contribution in [2.75, 3.05) is 27.2 Å². The topological polar surface area (TPSA) is 100 Å². The van der Waals surface area contributed by atoms with Gasteiger partial charge in [0.05, 0.1) is 17.5 Å². The highest BCUT2D eigenvalue weighted by Gasteiger charge is 2.46. The van der Waals surface area contributed by atoms with Crippen molar-refractivity contribution >= 4 is 22.7 Å². The lowest BCUT2D eigenvalue weighted by Crippen LogP contribution is -2.59. The van der Waals surface area contributed by atoms with Gasteiger partial charge in [-0.1, -0.05) is 37.1 Å². The zero-order valence-corrected chi connectivity index (χ0v) is 26.9. The number of para-hydroxylation sites is 2. The molecule has 0 spiro atoms. The molecule has 0 radical (unpaired) electrons. The van der Waals surface area contributed by atoms with Gasteiger partial charge in [0.15, 0.2) is 5.69 Å². The summed E-state index contributed by atoms with van der Waals surface area (Å²) in [6.07, 6.45) is 13.8. The first-order valence-electron chi connectivity index (χ1n) is 17.1. The molecule has 2 aliphatic heterocycles. The molecule has 9 nitrogen and oxygen atoms in total. The van der Waals surface area contributed by atoms with Crippen LogP contribution >= 0.6 is 0 Å². The van der Waals surface area contributed by atoms with Gasteiger partial charge in [-0.05, 0) is 102 Å². The number of carboxylic acids is 1. The highest BCUT2D eigenvalue weighted by atomic mass is 16.6. The first-order chi connectivity index (χ1) is 21.3. The summed E-state index contributed by atoms with van der Waals surface area (Å²) in [5, 5.41) is 13.7. The van der Waals surface area contributed by atoms with Gasteiger partial charge in [-0.15, -0.1) is 0 Å². The Morgan fingerprint density at radius 2 is 1.68 bits per heavy atom. The van der Waals surface area contributed by atoms with Crippen LogP contribution in [0.15, 0.2) is 34.2 Å². The molecule has 2 saturated heterocycles. The number of piperidine rings is 2. The van der Waals surface area contributed by atoms with Crippen LogP contribution in [-0.4, -0.2) is 81.5 Å². The van der Waals surface area contributed by atoms with E-state index in [9.17, 15) is 14.7 Å². The van der Waals surface area contributed by atoms with Crippen molar-refractivity contribution in [3.8, 4) is 0 Å². The van der Waals surface area contributed by atoms with Gasteiger partial charge < -0.3 is 19.4 Å². The summed E-state index contributed by atoms with van der Waals surface area (Å²) < 4.78 is 1.98. The highest BCUT2D eigenvalue weighted by molar-refractivity contribution is 6.00. The third-order valence-electron chi connectivity index (χ3n) is 11.0. The van der Waals surface area contributed by atoms with Crippen LogP contribution < -0.4 is 5.56 Å². The summed E-state index contributed by atoms with van der Waals surface area (Å²) in [5.41, 5.74) is 1.93. The van der Waals surface area contributed by atoms with Gasteiger partial charge in [0.2, 0.25) is 0 Å². The van der Waals surface area contributed by atoms with Crippen LogP contribution in [0.2, 0.25) is 0 Å². The number of hydrogen-bond donors (Lipinski definition) is 1. The van der Waals surface area contributed by atoms with E-state index in [2.05, 4.69) is 17.0 Å². The molecule has 6 rings (SSSR count). The summed E-state index contributed by atoms with van der Waals surface area (Å²) in [6.45, 7) is 3.37. The number of aromatic nitrogens is 2. The first-order valence-corrected chi connectivity index (χ1v) is 17.1. The molecule has 2 aromatic rings. The lowest BCUT2D eigenvalue weighted by molar-refractivity contribution is -0.136. The van der Waals surface area contributed by atoms with Gasteiger partial charge in [0.25, 0.3) is 5.56 Å². The lowest BCUT2D eigenvalue weighted by atomic mass is 9.64. The molecule has 2 aliphatic carbocycles. The largest absolute Gasteiger partial charge is 0.481 e. The molecule has 0 amide bonds. The number of fused-ring (bicyclic) bond motifs is 5. The number of benzene rings is 1. The molecule has 44 heavy (non-hydrogen) atoms. The molecule has 5 unspecified atom stereocenters. The molecule has 4 bridgehead atoms. The smallest absolute Gasteiger partial charge is 0.303 e. The van der Waals surface area contributed by atoms with Gasteiger partial charge in [-0.25, -0.2) is 4.98 Å². The highest BCUT2D eigenvalue weighted by Crippen LogP contribution is 2.49. The molecule has 9 heteroatoms. The summed E-state index contributed by atoms with van der Waals surface area (Å²) in [6, 6.07) is 9.61. The van der Waals surface area contributed by atoms with Gasteiger partial charge in [-0.2, -0.15) is 0 Å². The minimum atomic E-state index is -0.940. The van der Waals surface area contributed by atoms with Crippen LogP contribution in [0.4, 0.5) is 0 Å². The van der Waals surface area contributed by atoms with Gasteiger partial charge in [0, 0.05) is 37.1 Å². The van der Waals surface area contributed by atoms with Crippen LogP contribution in [0.3, 0.4) is 0 Å². The molecule has 2 saturated carbocycles. The predicted molar refractivity (Wildman–Crippen MR) is 173 cm³/mol. The van der Waals surface area contributed by atoms with Crippen molar-refractivity contribution in [3.63, 3.8) is 0 Å². The number of hydrogen-bond acceptors (Lipinski definition) is 7. The van der Waals surface area contributed by atoms with Gasteiger partial charge in [0.1, 0.15) is 12.3 Å². The van der Waals surface area contributed by atoms with E-state index in [1.807, 2.05) is 47.8 Å². The van der Waals surface area contributed by atoms with Crippen LogP contribution in [0.25, 0.3) is 11.0 Å². The zero-order chi connectivity index (χ0) is 30.8. The normalized spacial score (nSPS) is 30.9. The third-order valence-corrected chi connectivity index (χ3v) is 11.0. The van der Waals surface area contributed by atoms with Crippen LogP contribution in [0.1, 0.15) is 102 Å². The van der Waals surface area contributed by atoms with E-state index in [0.717, 1.165) is 41.6 Å². The average Bonchev–Trinajstić information content (AvgIpc) is 2.99. The Bertz CT molecular complexity index is 1380. The Balaban J connectivity index is 1.30. The Morgan fingerprint density at radius 1 is 0.977 bits per heavy atom. The van der Waals surface area contributed by atoms with E-state index in [1.165, 1.54) is 57.8 Å². The quantitative estimate of drug-likeness (QED) is 0.199. The SMILES string of the molecule is CCC1CC2CC(N3C4CCCC3CC(n3c(=O)c(/C(CCC(=O)O)=N/OCCN(C)C)nc5ccccc53)C4)C[C@@H](C1)C2. The zero-order valence-electron chi connectivity index (χ0n) is 26.9. The minimum absolute atomic E-state index is 0.0728. The van der Waals surface area contributed by atoms with Gasteiger partial charge in [-0.3, -0.25) is 14.5 Å². The number of carbonyl (C=O) groups is 1. The number of rotatable bonds is 11. The van der Waals surface area contributed by atoms with E-state index in [0.29, 0.717) is 37.0 Å². The molecule has 1 aromatic heterocycles. The van der Waals surface area contributed by atoms with E-state index >= 15 is 0 Å². The maximum Gasteiger partial charge on any atom is 0.303 e. The lowest BCUT2D eigenvalue weighted by Gasteiger charge is -2.56. The summed E-state index contributed by atoms with van der Waals surface area (Å²) in [4.78, 5) is 41.2. The predicted octanol–water partition coefficient (Wildman–Crippen LogP) is 5.71. The number of oxime groups is 1. The second-order valence-electron chi connectivity index (χ2n) is 14.3. The molecular formula is C35H51N5O4. The van der Waals surface area contributed by atoms with Crippen molar-refractivity contribution < 1.29 is 14.7 Å². The summed E-state index contributed by atoms with van der Waals surface area (Å²) in [5.74, 6) is 1.75. The third kappa shape index (κ3) is 6.74. The van der Waals surface area contributed by atoms with Crippen molar-refractivity contribution in [1.82, 2.24) is 19.4 Å². The average molecular weight is 606 g/mol. The second-order valence-corrected chi connectivity index (χ2v) is 14.3. The monoisotopic (exact) mass is 605 g/mol. The van der Waals surface area contributed by atoms with Crippen molar-refractivity contribution in [1.29, 1.82) is 0 Å². The van der Waals surface area contributed by atoms with E-state index in [-0.39, 0.29) is 30.1 Å². The molecule has 6 atom stereocenters. The maximum absolute atomic E-state index is 14.4. The van der Waals surface area contributed by atoms with Crippen LogP contribution in [0, 0.1) is 17.8 Å². The fourth-order valence-corrected chi connectivity index (χ4v) is 9.21. The maximum atomic E-state index is 14.4. The summed E-state index contributed by atoms with van der Waals surface area (Å²) in [7, 11) is 3.90. The Kier molecular flexibility index (Phi) is 9.71. The Hall–Kier alpha value is -2.78. The number of carboxylic acid groups (broad SMARTS) is 1. The van der Waals surface area contributed by atoms with E-state index in [4.69, 9.17) is 9.82 Å². The molecule has 240 valence electrons. The molecule has 3 heterocycles. The van der Waals surface area contributed by atoms with E-state index in [1.54, 1.807) is 0 Å². The Morgan fingerprint density at radius 3 is 2.34 bits per heavy atom. The molecular weight excluding hydrogens is 554 g/mol. The van der Waals surface area contributed by atoms with Crippen molar-refractivity contribution in [2.45, 2.75) is 115 Å². The van der Waals surface area contributed by atoms with Gasteiger partial charge >= 0.3 is 5.97 Å². The molecule has 4 fully saturated rings. The second kappa shape index (κ2) is 13.7. The number of aliphatic carboxylic acids is 1. The summed E-state index contributed by atoms with van der Waals surface area (Å²) >= 11 is 0. The number of nitrogens with zero attached hydrogens (tertiary/aromatic N) is 5. The van der Waals surface area contributed by atoms with Crippen molar-refractivity contribution in [3.05, 3.63) is 40.3 Å². The Labute approximate surface area is 261 Å². The van der Waals surface area contributed by atoms with Crippen molar-refractivity contribution in [2.24, 2.45) is 22.9 Å². The standard InChI is InChI=1S/C35H51N5O4/c1-4-23-16-24-18-25(17-23)20-28(19-24)39-26-8-7-9-27(39)22-29(21-26)40-32-11-6-5-10-30(32)36-34(35(40)43)31(12-13-33(41)42)37-44-15-14-38(2)3/h5-6,10-11,23-29H,4,7-9,12-22H2,1-3H3,(H,41,42)/b37-31+/t23?,24-,25?,26?,27?,28?,29?/m0/s1. The van der Waals surface area contributed by atoms with E-state index < -0.39 is 5.97 Å².